The van der Waals surface area contributed by atoms with Crippen LogP contribution in [0.25, 0.3) is 0 Å². The van der Waals surface area contributed by atoms with E-state index in [1.807, 2.05) is 24.3 Å². The zero-order chi connectivity index (χ0) is 13.2. The minimum absolute atomic E-state index is 0.0925. The van der Waals surface area contributed by atoms with Crippen LogP contribution in [0.1, 0.15) is 24.8 Å². The second kappa shape index (κ2) is 5.59. The molecule has 0 aliphatic carbocycles. The largest absolute Gasteiger partial charge is 0.212 e. The topological polar surface area (TPSA) is 37.4 Å². The molecular formula is C13H18ClNO2S. The van der Waals surface area contributed by atoms with Crippen LogP contribution in [-0.4, -0.2) is 31.6 Å². The summed E-state index contributed by atoms with van der Waals surface area (Å²) in [5, 5.41) is 0.711. The van der Waals surface area contributed by atoms with Crippen molar-refractivity contribution in [3.63, 3.8) is 0 Å². The standard InChI is InChI=1S/C13H18ClNO2S/c1-18(16,17)15-9-3-2-4-13(15)10-11-5-7-12(14)8-6-11/h5-8,13H,2-4,9-10H2,1H3. The highest BCUT2D eigenvalue weighted by atomic mass is 35.5. The van der Waals surface area contributed by atoms with Crippen LogP contribution < -0.4 is 0 Å². The third-order valence-electron chi connectivity index (χ3n) is 3.38. The molecule has 1 heterocycles. The predicted octanol–water partition coefficient (Wildman–Crippen LogP) is 2.70. The first kappa shape index (κ1) is 13.8. The Morgan fingerprint density at radius 2 is 1.94 bits per heavy atom. The summed E-state index contributed by atoms with van der Waals surface area (Å²) in [6.45, 7) is 0.650. The van der Waals surface area contributed by atoms with Crippen molar-refractivity contribution in [3.8, 4) is 0 Å². The van der Waals surface area contributed by atoms with Crippen molar-refractivity contribution < 1.29 is 8.42 Å². The van der Waals surface area contributed by atoms with Gasteiger partial charge in [0.05, 0.1) is 6.26 Å². The van der Waals surface area contributed by atoms with Crippen molar-refractivity contribution >= 4 is 21.6 Å². The fourth-order valence-electron chi connectivity index (χ4n) is 2.51. The lowest BCUT2D eigenvalue weighted by Crippen LogP contribution is -2.44. The first-order chi connectivity index (χ1) is 8.47. The molecule has 1 aromatic carbocycles. The smallest absolute Gasteiger partial charge is 0.211 e. The maximum absolute atomic E-state index is 11.7. The molecule has 0 bridgehead atoms. The van der Waals surface area contributed by atoms with Gasteiger partial charge in [-0.15, -0.1) is 0 Å². The van der Waals surface area contributed by atoms with Crippen LogP contribution >= 0.6 is 11.6 Å². The Morgan fingerprint density at radius 3 is 2.56 bits per heavy atom. The van der Waals surface area contributed by atoms with Gasteiger partial charge in [-0.2, -0.15) is 4.31 Å². The Kier molecular flexibility index (Phi) is 4.30. The van der Waals surface area contributed by atoms with Gasteiger partial charge in [0, 0.05) is 17.6 Å². The van der Waals surface area contributed by atoms with Gasteiger partial charge >= 0.3 is 0 Å². The molecule has 1 unspecified atom stereocenters. The molecule has 0 radical (unpaired) electrons. The quantitative estimate of drug-likeness (QED) is 0.857. The zero-order valence-electron chi connectivity index (χ0n) is 10.5. The molecule has 1 fully saturated rings. The number of nitrogens with zero attached hydrogens (tertiary/aromatic N) is 1. The van der Waals surface area contributed by atoms with Gasteiger partial charge in [0.15, 0.2) is 0 Å². The van der Waals surface area contributed by atoms with E-state index in [0.717, 1.165) is 31.2 Å². The molecule has 1 aliphatic heterocycles. The molecule has 2 rings (SSSR count). The minimum atomic E-state index is -3.10. The van der Waals surface area contributed by atoms with Gasteiger partial charge in [0.2, 0.25) is 10.0 Å². The summed E-state index contributed by atoms with van der Waals surface area (Å²) in [7, 11) is -3.10. The Labute approximate surface area is 114 Å². The predicted molar refractivity (Wildman–Crippen MR) is 74.3 cm³/mol. The second-order valence-corrected chi connectivity index (χ2v) is 7.23. The van der Waals surface area contributed by atoms with Gasteiger partial charge in [0.1, 0.15) is 0 Å². The highest BCUT2D eigenvalue weighted by molar-refractivity contribution is 7.88. The van der Waals surface area contributed by atoms with Gasteiger partial charge in [-0.3, -0.25) is 0 Å². The molecule has 5 heteroatoms. The lowest BCUT2D eigenvalue weighted by molar-refractivity contribution is 0.252. The third-order valence-corrected chi connectivity index (χ3v) is 4.97. The van der Waals surface area contributed by atoms with Crippen LogP contribution in [0.3, 0.4) is 0 Å². The first-order valence-electron chi connectivity index (χ1n) is 6.18. The summed E-state index contributed by atoms with van der Waals surface area (Å²) >= 11 is 5.85. The normalized spacial score (nSPS) is 22.0. The molecule has 1 atom stereocenters. The minimum Gasteiger partial charge on any atom is -0.212 e. The van der Waals surface area contributed by atoms with Crippen LogP contribution in [-0.2, 0) is 16.4 Å². The van der Waals surface area contributed by atoms with Crippen molar-refractivity contribution in [1.82, 2.24) is 4.31 Å². The zero-order valence-corrected chi connectivity index (χ0v) is 12.0. The van der Waals surface area contributed by atoms with E-state index in [1.165, 1.54) is 6.26 Å². The second-order valence-electron chi connectivity index (χ2n) is 4.85. The molecule has 0 N–H and O–H groups in total. The summed E-state index contributed by atoms with van der Waals surface area (Å²) in [5.74, 6) is 0. The molecular weight excluding hydrogens is 270 g/mol. The number of halogens is 1. The molecule has 0 amide bonds. The molecule has 1 saturated heterocycles. The van der Waals surface area contributed by atoms with Crippen molar-refractivity contribution in [2.75, 3.05) is 12.8 Å². The van der Waals surface area contributed by atoms with E-state index in [0.29, 0.717) is 11.6 Å². The molecule has 1 aliphatic rings. The van der Waals surface area contributed by atoms with Crippen LogP contribution in [0.15, 0.2) is 24.3 Å². The highest BCUT2D eigenvalue weighted by Gasteiger charge is 2.29. The van der Waals surface area contributed by atoms with Gasteiger partial charge in [-0.1, -0.05) is 30.2 Å². The number of hydrogen-bond donors (Lipinski definition) is 0. The van der Waals surface area contributed by atoms with E-state index in [9.17, 15) is 8.42 Å². The first-order valence-corrected chi connectivity index (χ1v) is 8.41. The van der Waals surface area contributed by atoms with Gasteiger partial charge in [-0.25, -0.2) is 8.42 Å². The average molecular weight is 288 g/mol. The van der Waals surface area contributed by atoms with Crippen molar-refractivity contribution in [1.29, 1.82) is 0 Å². The SMILES string of the molecule is CS(=O)(=O)N1CCCCC1Cc1ccc(Cl)cc1. The average Bonchev–Trinajstić information content (AvgIpc) is 2.31. The van der Waals surface area contributed by atoms with E-state index in [1.54, 1.807) is 4.31 Å². The van der Waals surface area contributed by atoms with Crippen molar-refractivity contribution in [3.05, 3.63) is 34.9 Å². The Bertz CT molecular complexity index is 498. The number of rotatable bonds is 3. The highest BCUT2D eigenvalue weighted by Crippen LogP contribution is 2.23. The van der Waals surface area contributed by atoms with Gasteiger partial charge in [-0.05, 0) is 37.0 Å². The van der Waals surface area contributed by atoms with Crippen LogP contribution in [0.5, 0.6) is 0 Å². The lowest BCUT2D eigenvalue weighted by atomic mass is 9.98. The Morgan fingerprint density at radius 1 is 1.28 bits per heavy atom. The Balaban J connectivity index is 2.13. The van der Waals surface area contributed by atoms with Crippen LogP contribution in [0, 0.1) is 0 Å². The summed E-state index contributed by atoms with van der Waals surface area (Å²) in [6, 6.07) is 7.74. The molecule has 0 saturated carbocycles. The number of benzene rings is 1. The van der Waals surface area contributed by atoms with E-state index >= 15 is 0 Å². The Hall–Kier alpha value is -0.580. The molecule has 18 heavy (non-hydrogen) atoms. The molecule has 100 valence electrons. The van der Waals surface area contributed by atoms with Crippen molar-refractivity contribution in [2.24, 2.45) is 0 Å². The third kappa shape index (κ3) is 3.46. The summed E-state index contributed by atoms with van der Waals surface area (Å²) in [6.07, 6.45) is 5.07. The fraction of sp³-hybridized carbons (Fsp3) is 0.538. The molecule has 3 nitrogen and oxygen atoms in total. The summed E-state index contributed by atoms with van der Waals surface area (Å²) in [4.78, 5) is 0. The van der Waals surface area contributed by atoms with E-state index in [2.05, 4.69) is 0 Å². The van der Waals surface area contributed by atoms with Crippen molar-refractivity contribution in [2.45, 2.75) is 31.7 Å². The van der Waals surface area contributed by atoms with Crippen LogP contribution in [0.4, 0.5) is 0 Å². The van der Waals surface area contributed by atoms with Gasteiger partial charge in [0.25, 0.3) is 0 Å². The fourth-order valence-corrected chi connectivity index (χ4v) is 3.82. The lowest BCUT2D eigenvalue weighted by Gasteiger charge is -2.33. The van der Waals surface area contributed by atoms with Crippen LogP contribution in [0.2, 0.25) is 5.02 Å². The maximum Gasteiger partial charge on any atom is 0.211 e. The van der Waals surface area contributed by atoms with Gasteiger partial charge < -0.3 is 0 Å². The molecule has 0 spiro atoms. The molecule has 1 aromatic rings. The monoisotopic (exact) mass is 287 g/mol. The van der Waals surface area contributed by atoms with E-state index < -0.39 is 10.0 Å². The van der Waals surface area contributed by atoms with E-state index in [-0.39, 0.29) is 6.04 Å². The number of sulfonamides is 1. The number of piperidine rings is 1. The summed E-state index contributed by atoms with van der Waals surface area (Å²) in [5.41, 5.74) is 1.14. The molecule has 0 aromatic heterocycles. The maximum atomic E-state index is 11.7. The number of hydrogen-bond acceptors (Lipinski definition) is 2. The summed E-state index contributed by atoms with van der Waals surface area (Å²) < 4.78 is 25.1. The van der Waals surface area contributed by atoms with E-state index in [4.69, 9.17) is 11.6 Å².